The molecule has 4 aliphatic heterocycles. The molecule has 0 aromatic rings. The van der Waals surface area contributed by atoms with E-state index in [1.54, 1.807) is 0 Å². The van der Waals surface area contributed by atoms with Crippen LogP contribution < -0.4 is 0 Å². The zero-order chi connectivity index (χ0) is 6.55. The second-order valence-corrected chi connectivity index (χ2v) is 36.9. The van der Waals surface area contributed by atoms with Gasteiger partial charge in [0.15, 0.2) is 0 Å². The van der Waals surface area contributed by atoms with E-state index in [0.717, 1.165) is 0 Å². The van der Waals surface area contributed by atoms with Gasteiger partial charge in [-0.2, -0.15) is 0 Å². The Morgan fingerprint density at radius 2 is 0.600 bits per heavy atom. The third kappa shape index (κ3) is 1.27. The van der Waals surface area contributed by atoms with Crippen LogP contribution in [-0.2, 0) is 0 Å². The van der Waals surface area contributed by atoms with Crippen molar-refractivity contribution in [2.45, 2.75) is 24.0 Å². The summed E-state index contributed by atoms with van der Waals surface area (Å²) in [5, 5.41) is 0. The molecule has 0 aliphatic carbocycles. The van der Waals surface area contributed by atoms with Crippen molar-refractivity contribution in [2.75, 3.05) is 0 Å². The SMILES string of the molecule is C1[As]2C[As]3C[As]1C[As](C2)C3. The van der Waals surface area contributed by atoms with Gasteiger partial charge in [0.25, 0.3) is 0 Å². The molecule has 0 radical (unpaired) electrons. The van der Waals surface area contributed by atoms with Crippen LogP contribution in [0, 0.1) is 0 Å². The Morgan fingerprint density at radius 1 is 0.400 bits per heavy atom. The van der Waals surface area contributed by atoms with Crippen molar-refractivity contribution in [3.8, 4) is 0 Å². The van der Waals surface area contributed by atoms with Crippen molar-refractivity contribution in [1.29, 1.82) is 0 Å². The molecule has 0 aromatic heterocycles. The molecule has 4 fully saturated rings. The van der Waals surface area contributed by atoms with Crippen molar-refractivity contribution < 1.29 is 0 Å². The zero-order valence-corrected chi connectivity index (χ0v) is 13.5. The first-order valence-corrected chi connectivity index (χ1v) is 19.7. The van der Waals surface area contributed by atoms with Gasteiger partial charge in [-0.1, -0.05) is 0 Å². The molecular formula is C6H12As4. The van der Waals surface area contributed by atoms with Crippen LogP contribution in [0.1, 0.15) is 0 Å². The maximum absolute atomic E-state index is 1.97. The molecule has 0 N–H and O–H groups in total. The molecule has 0 saturated carbocycles. The van der Waals surface area contributed by atoms with Gasteiger partial charge in [-0.3, -0.25) is 0 Å². The summed E-state index contributed by atoms with van der Waals surface area (Å²) in [5.74, 6) is 0. The minimum atomic E-state index is 0.0469. The quantitative estimate of drug-likeness (QED) is 0.552. The Kier molecular flexibility index (Phi) is 2.19. The first-order chi connectivity index (χ1) is 4.90. The van der Waals surface area contributed by atoms with Gasteiger partial charge >= 0.3 is 82.6 Å². The van der Waals surface area contributed by atoms with Crippen LogP contribution in [0.15, 0.2) is 0 Å². The van der Waals surface area contributed by atoms with Crippen LogP contribution in [0.25, 0.3) is 0 Å². The van der Waals surface area contributed by atoms with Gasteiger partial charge in [0, 0.05) is 0 Å². The van der Waals surface area contributed by atoms with Gasteiger partial charge in [0.2, 0.25) is 0 Å². The van der Waals surface area contributed by atoms with Gasteiger partial charge in [-0.05, 0) is 0 Å². The molecule has 4 heterocycles. The Bertz CT molecular complexity index is 101. The minimum absolute atomic E-state index is 0.0469. The summed E-state index contributed by atoms with van der Waals surface area (Å²) in [4.78, 5) is 0. The maximum atomic E-state index is 1.97. The summed E-state index contributed by atoms with van der Waals surface area (Å²) < 4.78 is 11.8. The summed E-state index contributed by atoms with van der Waals surface area (Å²) in [5.41, 5.74) is 0. The predicted molar refractivity (Wildman–Crippen MR) is 51.9 cm³/mol. The second kappa shape index (κ2) is 2.87. The van der Waals surface area contributed by atoms with Gasteiger partial charge in [-0.15, -0.1) is 0 Å². The molecule has 0 spiro atoms. The van der Waals surface area contributed by atoms with Gasteiger partial charge < -0.3 is 0 Å². The van der Waals surface area contributed by atoms with Gasteiger partial charge in [0.1, 0.15) is 0 Å². The Labute approximate surface area is 81.5 Å². The van der Waals surface area contributed by atoms with Crippen LogP contribution in [0.2, 0.25) is 24.0 Å². The predicted octanol–water partition coefficient (Wildman–Crippen LogP) is 1.24. The van der Waals surface area contributed by atoms with Crippen LogP contribution in [0.3, 0.4) is 0 Å². The van der Waals surface area contributed by atoms with Crippen LogP contribution in [0.4, 0.5) is 0 Å². The third-order valence-electron chi connectivity index (χ3n) is 2.40. The molecule has 0 nitrogen and oxygen atoms in total. The fourth-order valence-electron chi connectivity index (χ4n) is 2.23. The fraction of sp³-hybridized carbons (Fsp3) is 1.00. The Morgan fingerprint density at radius 3 is 0.800 bits per heavy atom. The summed E-state index contributed by atoms with van der Waals surface area (Å²) in [6.07, 6.45) is 0. The monoisotopic (exact) mass is 384 g/mol. The van der Waals surface area contributed by atoms with E-state index in [9.17, 15) is 0 Å². The molecule has 0 aromatic carbocycles. The van der Waals surface area contributed by atoms with E-state index in [1.807, 2.05) is 24.0 Å². The molecule has 56 valence electrons. The van der Waals surface area contributed by atoms with Crippen molar-refractivity contribution in [3.63, 3.8) is 0 Å². The van der Waals surface area contributed by atoms with E-state index in [4.69, 9.17) is 0 Å². The van der Waals surface area contributed by atoms with Crippen molar-refractivity contribution in [2.24, 2.45) is 0 Å². The normalized spacial score (nSPS) is 57.6. The molecule has 10 heavy (non-hydrogen) atoms. The van der Waals surface area contributed by atoms with Crippen LogP contribution >= 0.6 is 0 Å². The van der Waals surface area contributed by atoms with E-state index < -0.39 is 0 Å². The molecule has 4 saturated heterocycles. The molecule has 0 atom stereocenters. The second-order valence-electron chi connectivity index (χ2n) is 3.53. The molecule has 4 rings (SSSR count). The van der Waals surface area contributed by atoms with Crippen molar-refractivity contribution in [3.05, 3.63) is 0 Å². The summed E-state index contributed by atoms with van der Waals surface area (Å²) in [6.45, 7) is 0. The third-order valence-corrected chi connectivity index (χ3v) is 64.8. The number of hydrogen-bond donors (Lipinski definition) is 0. The zero-order valence-electron chi connectivity index (χ0n) is 6.03. The van der Waals surface area contributed by atoms with Crippen molar-refractivity contribution in [1.82, 2.24) is 0 Å². The fourth-order valence-corrected chi connectivity index (χ4v) is 121. The molecule has 0 unspecified atom stereocenters. The summed E-state index contributed by atoms with van der Waals surface area (Å²) in [6, 6.07) is 0. The number of rotatable bonds is 0. The topological polar surface area (TPSA) is 0 Å². The summed E-state index contributed by atoms with van der Waals surface area (Å²) >= 11 is 0.188. The molecule has 0 amide bonds. The van der Waals surface area contributed by atoms with E-state index in [0.29, 0.717) is 0 Å². The Balaban J connectivity index is 1.90. The van der Waals surface area contributed by atoms with E-state index >= 15 is 0 Å². The standard InChI is InChI=1S/C6H12As4/c1-7-2-9-4-8(1)5-10(3-7)6-9/h1-6H2. The molecular weight excluding hydrogens is 372 g/mol. The first-order valence-electron chi connectivity index (χ1n) is 3.79. The Hall–Kier alpha value is 2.23. The van der Waals surface area contributed by atoms with E-state index in [-0.39, 0.29) is 58.6 Å². The molecule has 4 aliphatic rings. The first kappa shape index (κ1) is 7.62. The van der Waals surface area contributed by atoms with Gasteiger partial charge in [-0.25, -0.2) is 0 Å². The van der Waals surface area contributed by atoms with Crippen LogP contribution in [0.5, 0.6) is 0 Å². The van der Waals surface area contributed by atoms with E-state index in [2.05, 4.69) is 0 Å². The van der Waals surface area contributed by atoms with E-state index in [1.165, 1.54) is 0 Å². The van der Waals surface area contributed by atoms with Crippen molar-refractivity contribution >= 4 is 58.6 Å². The van der Waals surface area contributed by atoms with Crippen LogP contribution in [-0.4, -0.2) is 58.6 Å². The average Bonchev–Trinajstić information content (AvgIpc) is 1.82. The number of hydrogen-bond acceptors (Lipinski definition) is 0. The van der Waals surface area contributed by atoms with Gasteiger partial charge in [0.05, 0.1) is 0 Å². The molecule has 4 bridgehead atoms. The summed E-state index contributed by atoms with van der Waals surface area (Å²) in [7, 11) is 0. The average molecular weight is 384 g/mol. The molecule has 4 heteroatoms.